The summed E-state index contributed by atoms with van der Waals surface area (Å²) in [4.78, 5) is 12.5. The van der Waals surface area contributed by atoms with Gasteiger partial charge >= 0.3 is 0 Å². The Hall–Kier alpha value is -2.15. The molecule has 7 nitrogen and oxygen atoms in total. The van der Waals surface area contributed by atoms with E-state index in [1.807, 2.05) is 10.8 Å². The zero-order chi connectivity index (χ0) is 14.4. The second-order valence-corrected chi connectivity index (χ2v) is 4.75. The molecule has 0 aromatic carbocycles. The van der Waals surface area contributed by atoms with Crippen molar-refractivity contribution in [2.45, 2.75) is 39.3 Å². The van der Waals surface area contributed by atoms with Gasteiger partial charge in [-0.05, 0) is 13.3 Å². The Labute approximate surface area is 118 Å². The third-order valence-electron chi connectivity index (χ3n) is 3.01. The topological polar surface area (TPSA) is 93.7 Å². The molecule has 0 bridgehead atoms. The quantitative estimate of drug-likeness (QED) is 0.522. The van der Waals surface area contributed by atoms with Crippen LogP contribution in [0.5, 0.6) is 0 Å². The second kappa shape index (κ2) is 6.85. The third-order valence-corrected chi connectivity index (χ3v) is 3.01. The smallest absolute Gasteiger partial charge is 0.148 e. The number of hydrogen-bond acceptors (Lipinski definition) is 6. The maximum Gasteiger partial charge on any atom is 0.148 e. The lowest BCUT2D eigenvalue weighted by Gasteiger charge is -2.18. The predicted octanol–water partition coefficient (Wildman–Crippen LogP) is 1.41. The molecule has 2 aromatic heterocycles. The van der Waals surface area contributed by atoms with Crippen molar-refractivity contribution in [2.75, 3.05) is 10.7 Å². The molecule has 1 atom stereocenters. The van der Waals surface area contributed by atoms with E-state index in [0.717, 1.165) is 30.8 Å². The van der Waals surface area contributed by atoms with Crippen LogP contribution in [0.1, 0.15) is 25.8 Å². The highest BCUT2D eigenvalue weighted by Crippen LogP contribution is 2.21. The third kappa shape index (κ3) is 3.45. The van der Waals surface area contributed by atoms with Crippen LogP contribution in [0.2, 0.25) is 0 Å². The summed E-state index contributed by atoms with van der Waals surface area (Å²) in [7, 11) is 0. The second-order valence-electron chi connectivity index (χ2n) is 4.75. The van der Waals surface area contributed by atoms with Crippen LogP contribution in [0.25, 0.3) is 0 Å². The van der Waals surface area contributed by atoms with Gasteiger partial charge in [0, 0.05) is 30.5 Å². The summed E-state index contributed by atoms with van der Waals surface area (Å²) in [5.74, 6) is 7.03. The van der Waals surface area contributed by atoms with Crippen LogP contribution < -0.4 is 16.6 Å². The maximum atomic E-state index is 5.51. The van der Waals surface area contributed by atoms with Crippen molar-refractivity contribution in [3.63, 3.8) is 0 Å². The van der Waals surface area contributed by atoms with Crippen LogP contribution >= 0.6 is 0 Å². The van der Waals surface area contributed by atoms with Crippen molar-refractivity contribution in [1.29, 1.82) is 0 Å². The lowest BCUT2D eigenvalue weighted by Crippen LogP contribution is -2.23. The molecule has 2 heterocycles. The molecule has 1 unspecified atom stereocenters. The predicted molar refractivity (Wildman–Crippen MR) is 79.1 cm³/mol. The number of imidazole rings is 1. The fourth-order valence-electron chi connectivity index (χ4n) is 2.14. The van der Waals surface area contributed by atoms with Crippen LogP contribution in [0.4, 0.5) is 11.6 Å². The van der Waals surface area contributed by atoms with Crippen LogP contribution in [-0.4, -0.2) is 25.6 Å². The molecule has 20 heavy (non-hydrogen) atoms. The number of nitrogens with one attached hydrogen (secondary N) is 2. The lowest BCUT2D eigenvalue weighted by atomic mass is 10.1. The SMILES string of the molecule is CCCc1c(NN)ncnc1NC(C)Cn1ccnc1. The van der Waals surface area contributed by atoms with E-state index >= 15 is 0 Å². The largest absolute Gasteiger partial charge is 0.365 e. The number of hydrogen-bond donors (Lipinski definition) is 3. The van der Waals surface area contributed by atoms with E-state index < -0.39 is 0 Å². The first kappa shape index (κ1) is 14.3. The normalized spacial score (nSPS) is 12.2. The zero-order valence-corrected chi connectivity index (χ0v) is 11.9. The van der Waals surface area contributed by atoms with E-state index in [1.54, 1.807) is 12.5 Å². The van der Waals surface area contributed by atoms with Crippen molar-refractivity contribution >= 4 is 11.6 Å². The summed E-state index contributed by atoms with van der Waals surface area (Å²) in [6.07, 6.45) is 8.92. The van der Waals surface area contributed by atoms with Crippen molar-refractivity contribution in [2.24, 2.45) is 5.84 Å². The van der Waals surface area contributed by atoms with Crippen LogP contribution in [0.15, 0.2) is 25.0 Å². The Morgan fingerprint density at radius 2 is 2.15 bits per heavy atom. The summed E-state index contributed by atoms with van der Waals surface area (Å²) in [5.41, 5.74) is 3.66. The Balaban J connectivity index is 2.11. The van der Waals surface area contributed by atoms with Gasteiger partial charge < -0.3 is 15.3 Å². The first-order chi connectivity index (χ1) is 9.74. The molecular formula is C13H21N7. The minimum absolute atomic E-state index is 0.223. The highest BCUT2D eigenvalue weighted by molar-refractivity contribution is 5.57. The minimum Gasteiger partial charge on any atom is -0.365 e. The first-order valence-corrected chi connectivity index (χ1v) is 6.77. The van der Waals surface area contributed by atoms with Crippen molar-refractivity contribution in [3.8, 4) is 0 Å². The van der Waals surface area contributed by atoms with Gasteiger partial charge in [-0.2, -0.15) is 0 Å². The molecule has 0 aliphatic rings. The number of aromatic nitrogens is 4. The molecule has 108 valence electrons. The summed E-state index contributed by atoms with van der Waals surface area (Å²) in [6, 6.07) is 0.223. The molecule has 2 aromatic rings. The standard InChI is InChI=1S/C13H21N7/c1-3-4-11-12(16-8-17-13(11)19-14)18-10(2)7-20-6-5-15-9-20/h5-6,8-10H,3-4,7,14H2,1-2H3,(H2,16,17,18,19). The summed E-state index contributed by atoms with van der Waals surface area (Å²) < 4.78 is 2.03. The van der Waals surface area contributed by atoms with Crippen molar-refractivity contribution in [3.05, 3.63) is 30.6 Å². The summed E-state index contributed by atoms with van der Waals surface area (Å²) in [5, 5.41) is 3.41. The molecule has 0 saturated carbocycles. The van der Waals surface area contributed by atoms with Crippen LogP contribution in [0, 0.1) is 0 Å². The molecule has 0 radical (unpaired) electrons. The van der Waals surface area contributed by atoms with E-state index in [1.165, 1.54) is 6.33 Å². The lowest BCUT2D eigenvalue weighted by molar-refractivity contribution is 0.616. The van der Waals surface area contributed by atoms with Gasteiger partial charge in [0.1, 0.15) is 18.0 Å². The van der Waals surface area contributed by atoms with Crippen molar-refractivity contribution in [1.82, 2.24) is 19.5 Å². The van der Waals surface area contributed by atoms with E-state index in [-0.39, 0.29) is 6.04 Å². The highest BCUT2D eigenvalue weighted by atomic mass is 15.3. The van der Waals surface area contributed by atoms with Gasteiger partial charge in [-0.1, -0.05) is 13.3 Å². The highest BCUT2D eigenvalue weighted by Gasteiger charge is 2.12. The number of anilines is 2. The molecular weight excluding hydrogens is 254 g/mol. The van der Waals surface area contributed by atoms with E-state index in [4.69, 9.17) is 5.84 Å². The van der Waals surface area contributed by atoms with Gasteiger partial charge in [0.05, 0.1) is 6.33 Å². The number of nitrogen functional groups attached to an aromatic ring is 1. The Morgan fingerprint density at radius 3 is 2.80 bits per heavy atom. The molecule has 0 fully saturated rings. The average molecular weight is 275 g/mol. The molecule has 0 saturated heterocycles. The van der Waals surface area contributed by atoms with E-state index in [0.29, 0.717) is 5.82 Å². The maximum absolute atomic E-state index is 5.51. The Morgan fingerprint density at radius 1 is 1.35 bits per heavy atom. The zero-order valence-electron chi connectivity index (χ0n) is 11.9. The average Bonchev–Trinajstić information content (AvgIpc) is 2.93. The Kier molecular flexibility index (Phi) is 4.89. The van der Waals surface area contributed by atoms with Crippen LogP contribution in [-0.2, 0) is 13.0 Å². The van der Waals surface area contributed by atoms with E-state index in [9.17, 15) is 0 Å². The molecule has 7 heteroatoms. The summed E-state index contributed by atoms with van der Waals surface area (Å²) in [6.45, 7) is 5.04. The number of rotatable bonds is 7. The molecule has 0 amide bonds. The molecule has 0 spiro atoms. The van der Waals surface area contributed by atoms with Gasteiger partial charge in [-0.3, -0.25) is 0 Å². The van der Waals surface area contributed by atoms with E-state index in [2.05, 4.69) is 39.5 Å². The van der Waals surface area contributed by atoms with Crippen molar-refractivity contribution < 1.29 is 0 Å². The molecule has 0 aliphatic heterocycles. The fraction of sp³-hybridized carbons (Fsp3) is 0.462. The summed E-state index contributed by atoms with van der Waals surface area (Å²) >= 11 is 0. The minimum atomic E-state index is 0.223. The molecule has 2 rings (SSSR count). The van der Waals surface area contributed by atoms with Crippen LogP contribution in [0.3, 0.4) is 0 Å². The van der Waals surface area contributed by atoms with Gasteiger partial charge in [0.15, 0.2) is 0 Å². The monoisotopic (exact) mass is 275 g/mol. The number of nitrogens with zero attached hydrogens (tertiary/aromatic N) is 4. The number of hydrazine groups is 1. The Bertz CT molecular complexity index is 524. The van der Waals surface area contributed by atoms with Gasteiger partial charge in [0.25, 0.3) is 0 Å². The molecule has 0 aliphatic carbocycles. The first-order valence-electron chi connectivity index (χ1n) is 6.77. The fourth-order valence-corrected chi connectivity index (χ4v) is 2.14. The number of nitrogens with two attached hydrogens (primary N) is 1. The molecule has 4 N–H and O–H groups in total. The van der Waals surface area contributed by atoms with Gasteiger partial charge in [0.2, 0.25) is 0 Å². The van der Waals surface area contributed by atoms with Gasteiger partial charge in [-0.15, -0.1) is 0 Å². The van der Waals surface area contributed by atoms with Gasteiger partial charge in [-0.25, -0.2) is 20.8 Å².